The number of likely N-dealkylation sites (tertiary alicyclic amines) is 1. The number of halogens is 1. The summed E-state index contributed by atoms with van der Waals surface area (Å²) >= 11 is 3.39. The van der Waals surface area contributed by atoms with E-state index in [0.717, 1.165) is 35.7 Å². The van der Waals surface area contributed by atoms with E-state index in [4.69, 9.17) is 0 Å². The number of fused-ring (bicyclic) bond motifs is 1. The lowest BCUT2D eigenvalue weighted by molar-refractivity contribution is -0.140. The van der Waals surface area contributed by atoms with Crippen molar-refractivity contribution in [3.05, 3.63) is 34.3 Å². The Morgan fingerprint density at radius 2 is 1.72 bits per heavy atom. The van der Waals surface area contributed by atoms with E-state index in [1.165, 1.54) is 4.90 Å². The predicted molar refractivity (Wildman–Crippen MR) is 97.5 cm³/mol. The highest BCUT2D eigenvalue weighted by Crippen LogP contribution is 2.37. The van der Waals surface area contributed by atoms with Gasteiger partial charge in [0.15, 0.2) is 0 Å². The highest BCUT2D eigenvalue weighted by Gasteiger charge is 2.47. The summed E-state index contributed by atoms with van der Waals surface area (Å²) in [5, 5.41) is 2.93. The summed E-state index contributed by atoms with van der Waals surface area (Å²) in [5.74, 6) is -0.602. The first-order valence-corrected chi connectivity index (χ1v) is 9.66. The van der Waals surface area contributed by atoms with Gasteiger partial charge in [-0.25, -0.2) is 0 Å². The van der Waals surface area contributed by atoms with E-state index < -0.39 is 0 Å². The van der Waals surface area contributed by atoms with E-state index in [1.54, 1.807) is 0 Å². The normalized spacial score (nSPS) is 24.2. The van der Waals surface area contributed by atoms with E-state index in [0.29, 0.717) is 0 Å². The summed E-state index contributed by atoms with van der Waals surface area (Å²) in [6.45, 7) is 2.10. The molecule has 2 aliphatic rings. The number of imide groups is 1. The zero-order valence-corrected chi connectivity index (χ0v) is 15.9. The smallest absolute Gasteiger partial charge is 0.233 e. The second-order valence-electron chi connectivity index (χ2n) is 6.92. The molecule has 1 aromatic rings. The molecule has 1 N–H and O–H groups in total. The Kier molecular flexibility index (Phi) is 5.57. The first-order valence-electron chi connectivity index (χ1n) is 8.87. The predicted octanol–water partition coefficient (Wildman–Crippen LogP) is 3.19. The quantitative estimate of drug-likeness (QED) is 0.763. The van der Waals surface area contributed by atoms with Gasteiger partial charge in [0.2, 0.25) is 17.7 Å². The molecule has 1 aromatic carbocycles. The van der Waals surface area contributed by atoms with Gasteiger partial charge in [0.1, 0.15) is 0 Å². The van der Waals surface area contributed by atoms with E-state index in [9.17, 15) is 14.4 Å². The number of carbonyl (C=O) groups is 3. The molecular weight excluding hydrogens is 384 g/mol. The van der Waals surface area contributed by atoms with Crippen LogP contribution in [-0.4, -0.2) is 29.2 Å². The molecule has 0 radical (unpaired) electrons. The monoisotopic (exact) mass is 406 g/mol. The molecule has 3 amide bonds. The molecule has 3 rings (SSSR count). The average Bonchev–Trinajstić information content (AvgIpc) is 2.85. The Hall–Kier alpha value is -1.69. The summed E-state index contributed by atoms with van der Waals surface area (Å²) in [6, 6.07) is 7.65. The highest BCUT2D eigenvalue weighted by atomic mass is 79.9. The second-order valence-corrected chi connectivity index (χ2v) is 7.83. The lowest BCUT2D eigenvalue weighted by atomic mass is 9.81. The zero-order chi connectivity index (χ0) is 18.0. The SMILES string of the molecule is C[C@H](NC(=O)CCN1C(=O)[C@H]2CCCC[C@H]2C1=O)c1ccc(Br)cc1. The molecule has 1 saturated heterocycles. The van der Waals surface area contributed by atoms with E-state index in [1.807, 2.05) is 31.2 Å². The molecule has 1 aliphatic heterocycles. The van der Waals surface area contributed by atoms with E-state index >= 15 is 0 Å². The van der Waals surface area contributed by atoms with Crippen molar-refractivity contribution in [2.75, 3.05) is 6.54 Å². The first kappa shape index (κ1) is 18.1. The van der Waals surface area contributed by atoms with Gasteiger partial charge in [0, 0.05) is 17.4 Å². The first-order chi connectivity index (χ1) is 12.0. The molecule has 6 heteroatoms. The van der Waals surface area contributed by atoms with Crippen LogP contribution in [0, 0.1) is 11.8 Å². The molecule has 25 heavy (non-hydrogen) atoms. The second kappa shape index (κ2) is 7.68. The van der Waals surface area contributed by atoms with Gasteiger partial charge in [-0.15, -0.1) is 0 Å². The Labute approximate surface area is 156 Å². The number of carbonyl (C=O) groups excluding carboxylic acids is 3. The molecule has 1 heterocycles. The molecular formula is C19H23BrN2O3. The molecule has 134 valence electrons. The van der Waals surface area contributed by atoms with Crippen molar-refractivity contribution >= 4 is 33.7 Å². The van der Waals surface area contributed by atoms with Crippen LogP contribution in [0.3, 0.4) is 0 Å². The van der Waals surface area contributed by atoms with Crippen LogP contribution in [0.1, 0.15) is 50.6 Å². The van der Waals surface area contributed by atoms with Crippen LogP contribution in [-0.2, 0) is 14.4 Å². The zero-order valence-electron chi connectivity index (χ0n) is 14.3. The molecule has 1 aliphatic carbocycles. The van der Waals surface area contributed by atoms with Crippen LogP contribution in [0.5, 0.6) is 0 Å². The van der Waals surface area contributed by atoms with Gasteiger partial charge < -0.3 is 5.32 Å². The van der Waals surface area contributed by atoms with Gasteiger partial charge in [-0.05, 0) is 37.5 Å². The van der Waals surface area contributed by atoms with Crippen molar-refractivity contribution in [2.45, 2.75) is 45.1 Å². The minimum atomic E-state index is -0.147. The van der Waals surface area contributed by atoms with Crippen molar-refractivity contribution in [3.8, 4) is 0 Å². The maximum absolute atomic E-state index is 12.4. The summed E-state index contributed by atoms with van der Waals surface area (Å²) in [7, 11) is 0. The lowest BCUT2D eigenvalue weighted by Gasteiger charge is -2.19. The van der Waals surface area contributed by atoms with Crippen molar-refractivity contribution in [1.82, 2.24) is 10.2 Å². The molecule has 5 nitrogen and oxygen atoms in total. The summed E-state index contributed by atoms with van der Waals surface area (Å²) < 4.78 is 0.988. The molecule has 0 bridgehead atoms. The van der Waals surface area contributed by atoms with Crippen LogP contribution in [0.25, 0.3) is 0 Å². The van der Waals surface area contributed by atoms with Crippen LogP contribution in [0.4, 0.5) is 0 Å². The number of nitrogens with one attached hydrogen (secondary N) is 1. The molecule has 0 unspecified atom stereocenters. The largest absolute Gasteiger partial charge is 0.350 e. The van der Waals surface area contributed by atoms with Crippen LogP contribution >= 0.6 is 15.9 Å². The minimum Gasteiger partial charge on any atom is -0.350 e. The molecule has 2 fully saturated rings. The van der Waals surface area contributed by atoms with Gasteiger partial charge >= 0.3 is 0 Å². The maximum atomic E-state index is 12.4. The minimum absolute atomic E-state index is 0.0801. The van der Waals surface area contributed by atoms with E-state index in [-0.39, 0.29) is 48.6 Å². The van der Waals surface area contributed by atoms with Crippen molar-refractivity contribution < 1.29 is 14.4 Å². The molecule has 0 spiro atoms. The third-order valence-electron chi connectivity index (χ3n) is 5.24. The fourth-order valence-corrected chi connectivity index (χ4v) is 4.08. The Morgan fingerprint density at radius 3 is 2.28 bits per heavy atom. The number of hydrogen-bond donors (Lipinski definition) is 1. The number of hydrogen-bond acceptors (Lipinski definition) is 3. The third kappa shape index (κ3) is 3.94. The summed E-state index contributed by atoms with van der Waals surface area (Å²) in [4.78, 5) is 38.3. The highest BCUT2D eigenvalue weighted by molar-refractivity contribution is 9.10. The standard InChI is InChI=1S/C19H23BrN2O3/c1-12(13-6-8-14(20)9-7-13)21-17(23)10-11-22-18(24)15-4-2-3-5-16(15)19(22)25/h6-9,12,15-16H,2-5,10-11H2,1H3,(H,21,23)/t12-,15-,16+/m0/s1. The fourth-order valence-electron chi connectivity index (χ4n) is 3.81. The van der Waals surface area contributed by atoms with Gasteiger partial charge in [0.05, 0.1) is 17.9 Å². The fraction of sp³-hybridized carbons (Fsp3) is 0.526. The molecule has 3 atom stereocenters. The Balaban J connectivity index is 1.52. The topological polar surface area (TPSA) is 66.5 Å². The van der Waals surface area contributed by atoms with Gasteiger partial charge in [-0.2, -0.15) is 0 Å². The number of amides is 3. The van der Waals surface area contributed by atoms with Gasteiger partial charge in [-0.3, -0.25) is 19.3 Å². The third-order valence-corrected chi connectivity index (χ3v) is 5.77. The number of benzene rings is 1. The van der Waals surface area contributed by atoms with Gasteiger partial charge in [0.25, 0.3) is 0 Å². The Bertz CT molecular complexity index is 650. The summed E-state index contributed by atoms with van der Waals surface area (Å²) in [5.41, 5.74) is 1.01. The van der Waals surface area contributed by atoms with E-state index in [2.05, 4.69) is 21.2 Å². The van der Waals surface area contributed by atoms with Crippen LogP contribution in [0.15, 0.2) is 28.7 Å². The van der Waals surface area contributed by atoms with Crippen LogP contribution < -0.4 is 5.32 Å². The van der Waals surface area contributed by atoms with Crippen molar-refractivity contribution in [3.63, 3.8) is 0 Å². The maximum Gasteiger partial charge on any atom is 0.233 e. The molecule has 0 aromatic heterocycles. The summed E-state index contributed by atoms with van der Waals surface area (Å²) in [6.07, 6.45) is 3.79. The lowest BCUT2D eigenvalue weighted by Crippen LogP contribution is -2.36. The molecule has 1 saturated carbocycles. The van der Waals surface area contributed by atoms with Gasteiger partial charge in [-0.1, -0.05) is 40.9 Å². The van der Waals surface area contributed by atoms with Crippen LogP contribution in [0.2, 0.25) is 0 Å². The number of nitrogens with zero attached hydrogens (tertiary/aromatic N) is 1. The van der Waals surface area contributed by atoms with Crippen molar-refractivity contribution in [2.24, 2.45) is 11.8 Å². The Morgan fingerprint density at radius 1 is 1.16 bits per heavy atom. The average molecular weight is 407 g/mol. The van der Waals surface area contributed by atoms with Crippen molar-refractivity contribution in [1.29, 1.82) is 0 Å². The number of rotatable bonds is 5.